The first kappa shape index (κ1) is 11.1. The number of rotatable bonds is 3. The van der Waals surface area contributed by atoms with Crippen LogP contribution < -0.4 is 10.1 Å². The second-order valence-electron chi connectivity index (χ2n) is 4.72. The Morgan fingerprint density at radius 2 is 2.00 bits per heavy atom. The summed E-state index contributed by atoms with van der Waals surface area (Å²) in [6.45, 7) is 1.01. The van der Waals surface area contributed by atoms with Gasteiger partial charge in [0.15, 0.2) is 0 Å². The lowest BCUT2D eigenvalue weighted by atomic mass is 9.94. The third kappa shape index (κ3) is 2.06. The SMILES string of the molecule is COc1ccc2c(c1)C(Cc1ccccc1)CN2. The van der Waals surface area contributed by atoms with Gasteiger partial charge in [-0.25, -0.2) is 0 Å². The molecule has 0 spiro atoms. The Kier molecular flexibility index (Phi) is 2.93. The molecule has 0 saturated carbocycles. The highest BCUT2D eigenvalue weighted by atomic mass is 16.5. The third-order valence-electron chi connectivity index (χ3n) is 3.56. The molecule has 2 nitrogen and oxygen atoms in total. The van der Waals surface area contributed by atoms with Gasteiger partial charge in [-0.1, -0.05) is 30.3 Å². The Bertz CT molecular complexity index is 536. The van der Waals surface area contributed by atoms with Crippen LogP contribution >= 0.6 is 0 Å². The zero-order valence-corrected chi connectivity index (χ0v) is 10.5. The van der Waals surface area contributed by atoms with Crippen LogP contribution in [0.4, 0.5) is 5.69 Å². The van der Waals surface area contributed by atoms with Gasteiger partial charge in [-0.05, 0) is 35.7 Å². The van der Waals surface area contributed by atoms with Gasteiger partial charge < -0.3 is 10.1 Å². The number of ether oxygens (including phenoxy) is 1. The number of nitrogens with one attached hydrogen (secondary N) is 1. The number of anilines is 1. The van der Waals surface area contributed by atoms with Crippen molar-refractivity contribution in [3.8, 4) is 5.75 Å². The first-order valence-electron chi connectivity index (χ1n) is 6.32. The van der Waals surface area contributed by atoms with Crippen molar-refractivity contribution in [2.75, 3.05) is 19.0 Å². The second kappa shape index (κ2) is 4.73. The van der Waals surface area contributed by atoms with Crippen molar-refractivity contribution in [1.29, 1.82) is 0 Å². The summed E-state index contributed by atoms with van der Waals surface area (Å²) in [7, 11) is 1.72. The molecule has 0 saturated heterocycles. The molecule has 0 fully saturated rings. The molecule has 1 aliphatic rings. The molecule has 0 aromatic heterocycles. The van der Waals surface area contributed by atoms with E-state index in [1.54, 1.807) is 7.11 Å². The van der Waals surface area contributed by atoms with Crippen LogP contribution in [-0.2, 0) is 6.42 Å². The summed E-state index contributed by atoms with van der Waals surface area (Å²) < 4.78 is 5.31. The van der Waals surface area contributed by atoms with Crippen molar-refractivity contribution in [2.24, 2.45) is 0 Å². The number of hydrogen-bond donors (Lipinski definition) is 1. The number of hydrogen-bond acceptors (Lipinski definition) is 2. The molecular weight excluding hydrogens is 222 g/mol. The molecule has 0 aliphatic carbocycles. The molecule has 2 aromatic carbocycles. The maximum atomic E-state index is 5.31. The van der Waals surface area contributed by atoms with Crippen LogP contribution in [0.3, 0.4) is 0 Å². The average molecular weight is 239 g/mol. The molecule has 1 N–H and O–H groups in total. The van der Waals surface area contributed by atoms with Crippen LogP contribution in [0.1, 0.15) is 17.0 Å². The van der Waals surface area contributed by atoms with Crippen LogP contribution in [0.5, 0.6) is 5.75 Å². The summed E-state index contributed by atoms with van der Waals surface area (Å²) in [5.41, 5.74) is 4.01. The lowest BCUT2D eigenvalue weighted by molar-refractivity contribution is 0.414. The van der Waals surface area contributed by atoms with E-state index in [4.69, 9.17) is 4.74 Å². The molecule has 2 aromatic rings. The number of benzene rings is 2. The van der Waals surface area contributed by atoms with Crippen molar-refractivity contribution in [2.45, 2.75) is 12.3 Å². The van der Waals surface area contributed by atoms with Crippen molar-refractivity contribution >= 4 is 5.69 Å². The quantitative estimate of drug-likeness (QED) is 0.885. The lowest BCUT2D eigenvalue weighted by Gasteiger charge is -2.11. The standard InChI is InChI=1S/C16H17NO/c1-18-14-7-8-16-15(10-14)13(11-17-16)9-12-5-3-2-4-6-12/h2-8,10,13,17H,9,11H2,1H3. The van der Waals surface area contributed by atoms with Gasteiger partial charge >= 0.3 is 0 Å². The van der Waals surface area contributed by atoms with Gasteiger partial charge in [0.05, 0.1) is 7.11 Å². The van der Waals surface area contributed by atoms with Gasteiger partial charge in [0, 0.05) is 18.2 Å². The zero-order valence-electron chi connectivity index (χ0n) is 10.5. The van der Waals surface area contributed by atoms with Crippen LogP contribution in [0.2, 0.25) is 0 Å². The fourth-order valence-electron chi connectivity index (χ4n) is 2.59. The molecule has 1 atom stereocenters. The molecule has 92 valence electrons. The van der Waals surface area contributed by atoms with Crippen LogP contribution in [0, 0.1) is 0 Å². The number of methoxy groups -OCH3 is 1. The number of fused-ring (bicyclic) bond motifs is 1. The fraction of sp³-hybridized carbons (Fsp3) is 0.250. The Balaban J connectivity index is 1.85. The molecular formula is C16H17NO. The van der Waals surface area contributed by atoms with E-state index >= 15 is 0 Å². The monoisotopic (exact) mass is 239 g/mol. The molecule has 3 rings (SSSR count). The highest BCUT2D eigenvalue weighted by molar-refractivity contribution is 5.60. The van der Waals surface area contributed by atoms with Crippen LogP contribution in [-0.4, -0.2) is 13.7 Å². The molecule has 18 heavy (non-hydrogen) atoms. The fourth-order valence-corrected chi connectivity index (χ4v) is 2.59. The van der Waals surface area contributed by atoms with Crippen LogP contribution in [0.25, 0.3) is 0 Å². The van der Waals surface area contributed by atoms with Gasteiger partial charge in [0.1, 0.15) is 5.75 Å². The van der Waals surface area contributed by atoms with Gasteiger partial charge in [0.25, 0.3) is 0 Å². The van der Waals surface area contributed by atoms with Gasteiger partial charge in [-0.2, -0.15) is 0 Å². The normalized spacial score (nSPS) is 17.1. The second-order valence-corrected chi connectivity index (χ2v) is 4.72. The predicted octanol–water partition coefficient (Wildman–Crippen LogP) is 3.45. The first-order chi connectivity index (χ1) is 8.86. The van der Waals surface area contributed by atoms with Crippen molar-refractivity contribution < 1.29 is 4.74 Å². The minimum Gasteiger partial charge on any atom is -0.497 e. The van der Waals surface area contributed by atoms with E-state index in [-0.39, 0.29) is 0 Å². The molecule has 0 amide bonds. The average Bonchev–Trinajstić information content (AvgIpc) is 2.82. The maximum Gasteiger partial charge on any atom is 0.119 e. The van der Waals surface area contributed by atoms with Crippen molar-refractivity contribution in [1.82, 2.24) is 0 Å². The van der Waals surface area contributed by atoms with Crippen LogP contribution in [0.15, 0.2) is 48.5 Å². The topological polar surface area (TPSA) is 21.3 Å². The van der Waals surface area contributed by atoms with Crippen molar-refractivity contribution in [3.05, 3.63) is 59.7 Å². The van der Waals surface area contributed by atoms with Crippen molar-refractivity contribution in [3.63, 3.8) is 0 Å². The van der Waals surface area contributed by atoms with Gasteiger partial charge in [-0.3, -0.25) is 0 Å². The van der Waals surface area contributed by atoms with E-state index in [1.165, 1.54) is 16.8 Å². The largest absolute Gasteiger partial charge is 0.497 e. The smallest absolute Gasteiger partial charge is 0.119 e. The molecule has 1 heterocycles. The Hall–Kier alpha value is -1.96. The van der Waals surface area contributed by atoms with E-state index in [1.807, 2.05) is 6.07 Å². The lowest BCUT2D eigenvalue weighted by Crippen LogP contribution is -2.05. The Morgan fingerprint density at radius 3 is 2.78 bits per heavy atom. The third-order valence-corrected chi connectivity index (χ3v) is 3.56. The molecule has 0 radical (unpaired) electrons. The molecule has 0 bridgehead atoms. The van der Waals surface area contributed by atoms with E-state index in [2.05, 4.69) is 47.8 Å². The molecule has 2 heteroatoms. The highest BCUT2D eigenvalue weighted by Gasteiger charge is 2.22. The van der Waals surface area contributed by atoms with E-state index in [9.17, 15) is 0 Å². The summed E-state index contributed by atoms with van der Waals surface area (Å²) in [4.78, 5) is 0. The van der Waals surface area contributed by atoms with Gasteiger partial charge in [0.2, 0.25) is 0 Å². The van der Waals surface area contributed by atoms with E-state index in [0.29, 0.717) is 5.92 Å². The molecule has 1 unspecified atom stereocenters. The summed E-state index contributed by atoms with van der Waals surface area (Å²) in [5, 5.41) is 3.47. The first-order valence-corrected chi connectivity index (χ1v) is 6.32. The summed E-state index contributed by atoms with van der Waals surface area (Å²) in [5.74, 6) is 1.48. The Morgan fingerprint density at radius 1 is 1.17 bits per heavy atom. The highest BCUT2D eigenvalue weighted by Crippen LogP contribution is 2.36. The summed E-state index contributed by atoms with van der Waals surface area (Å²) >= 11 is 0. The van der Waals surface area contributed by atoms with Gasteiger partial charge in [-0.15, -0.1) is 0 Å². The zero-order chi connectivity index (χ0) is 12.4. The van der Waals surface area contributed by atoms with E-state index < -0.39 is 0 Å². The molecule has 1 aliphatic heterocycles. The minimum atomic E-state index is 0.539. The minimum absolute atomic E-state index is 0.539. The maximum absolute atomic E-state index is 5.31. The predicted molar refractivity (Wildman–Crippen MR) is 74.4 cm³/mol. The Labute approximate surface area is 108 Å². The summed E-state index contributed by atoms with van der Waals surface area (Å²) in [6, 6.07) is 16.9. The summed E-state index contributed by atoms with van der Waals surface area (Å²) in [6.07, 6.45) is 1.08. The van der Waals surface area contributed by atoms with E-state index in [0.717, 1.165) is 18.7 Å².